The highest BCUT2D eigenvalue weighted by atomic mass is 32.2. The molecule has 0 fully saturated rings. The van der Waals surface area contributed by atoms with E-state index in [0.29, 0.717) is 6.04 Å². The number of imidazole rings is 1. The van der Waals surface area contributed by atoms with Gasteiger partial charge < -0.3 is 9.88 Å². The Morgan fingerprint density at radius 3 is 2.75 bits per heavy atom. The van der Waals surface area contributed by atoms with E-state index < -0.39 is 0 Å². The first-order valence-electron chi connectivity index (χ1n) is 8.37. The van der Waals surface area contributed by atoms with Gasteiger partial charge in [0.2, 0.25) is 0 Å². The summed E-state index contributed by atoms with van der Waals surface area (Å²) < 4.78 is 2.09. The fraction of sp³-hybridized carbons (Fsp3) is 0.250. The Bertz CT molecular complexity index is 781. The molecule has 24 heavy (non-hydrogen) atoms. The average molecular weight is 335 g/mol. The lowest BCUT2D eigenvalue weighted by Crippen LogP contribution is -2.24. The first kappa shape index (κ1) is 15.5. The molecule has 3 aromatic rings. The summed E-state index contributed by atoms with van der Waals surface area (Å²) in [4.78, 5) is 5.51. The average Bonchev–Trinajstić information content (AvgIpc) is 3.14. The number of hydrogen-bond acceptors (Lipinski definition) is 3. The third-order valence-electron chi connectivity index (χ3n) is 4.46. The molecule has 0 bridgehead atoms. The van der Waals surface area contributed by atoms with Crippen LogP contribution >= 0.6 is 11.8 Å². The molecule has 4 heteroatoms. The Kier molecular flexibility index (Phi) is 4.67. The van der Waals surface area contributed by atoms with Crippen LogP contribution in [0.2, 0.25) is 0 Å². The molecule has 0 aliphatic carbocycles. The maximum Gasteiger partial charge on any atom is 0.0949 e. The Labute approximate surface area is 147 Å². The molecule has 0 saturated heterocycles. The van der Waals surface area contributed by atoms with Gasteiger partial charge in [0, 0.05) is 36.4 Å². The third-order valence-corrected chi connectivity index (χ3v) is 5.58. The Morgan fingerprint density at radius 2 is 1.92 bits per heavy atom. The molecule has 122 valence electrons. The Morgan fingerprint density at radius 1 is 1.08 bits per heavy atom. The summed E-state index contributed by atoms with van der Waals surface area (Å²) in [5.41, 5.74) is 4.08. The smallest absolute Gasteiger partial charge is 0.0949 e. The van der Waals surface area contributed by atoms with Gasteiger partial charge in [0.25, 0.3) is 0 Å². The second kappa shape index (κ2) is 7.24. The zero-order valence-corrected chi connectivity index (χ0v) is 14.4. The Hall–Kier alpha value is -2.04. The van der Waals surface area contributed by atoms with E-state index in [1.54, 1.807) is 0 Å². The van der Waals surface area contributed by atoms with Crippen molar-refractivity contribution in [3.05, 3.63) is 83.9 Å². The number of hydrogen-bond donors (Lipinski definition) is 1. The number of aromatic nitrogens is 2. The summed E-state index contributed by atoms with van der Waals surface area (Å²) in [6.45, 7) is 1.79. The molecule has 1 atom stereocenters. The molecule has 4 rings (SSSR count). The van der Waals surface area contributed by atoms with Gasteiger partial charge in [-0.15, -0.1) is 11.8 Å². The van der Waals surface area contributed by atoms with E-state index in [2.05, 4.69) is 63.4 Å². The summed E-state index contributed by atoms with van der Waals surface area (Å²) in [7, 11) is 0. The van der Waals surface area contributed by atoms with Gasteiger partial charge in [-0.1, -0.05) is 42.5 Å². The molecule has 0 radical (unpaired) electrons. The largest absolute Gasteiger partial charge is 0.333 e. The van der Waals surface area contributed by atoms with Gasteiger partial charge in [-0.25, -0.2) is 4.98 Å². The number of nitrogens with one attached hydrogen (secondary N) is 1. The molecule has 1 N–H and O–H groups in total. The number of rotatable bonds is 5. The van der Waals surface area contributed by atoms with Gasteiger partial charge in [0.1, 0.15) is 0 Å². The van der Waals surface area contributed by atoms with Crippen molar-refractivity contribution in [1.29, 1.82) is 0 Å². The van der Waals surface area contributed by atoms with Crippen molar-refractivity contribution < 1.29 is 0 Å². The zero-order valence-electron chi connectivity index (χ0n) is 13.6. The maximum atomic E-state index is 4.09. The minimum absolute atomic E-state index is 0.466. The van der Waals surface area contributed by atoms with E-state index >= 15 is 0 Å². The van der Waals surface area contributed by atoms with Gasteiger partial charge >= 0.3 is 0 Å². The monoisotopic (exact) mass is 335 g/mol. The Balaban J connectivity index is 1.38. The fourth-order valence-electron chi connectivity index (χ4n) is 3.15. The van der Waals surface area contributed by atoms with Gasteiger partial charge in [-0.05, 0) is 34.9 Å². The molecule has 1 aliphatic heterocycles. The van der Waals surface area contributed by atoms with Crippen LogP contribution in [0.15, 0.2) is 72.1 Å². The van der Waals surface area contributed by atoms with Crippen molar-refractivity contribution in [3.63, 3.8) is 0 Å². The van der Waals surface area contributed by atoms with Crippen molar-refractivity contribution in [2.45, 2.75) is 30.4 Å². The van der Waals surface area contributed by atoms with E-state index in [0.717, 1.165) is 13.1 Å². The lowest BCUT2D eigenvalue weighted by atomic mass is 10.0. The van der Waals surface area contributed by atoms with Gasteiger partial charge in [-0.2, -0.15) is 0 Å². The van der Waals surface area contributed by atoms with Crippen LogP contribution in [0, 0.1) is 0 Å². The second-order valence-electron chi connectivity index (χ2n) is 6.16. The van der Waals surface area contributed by atoms with Crippen molar-refractivity contribution in [2.75, 3.05) is 5.75 Å². The van der Waals surface area contributed by atoms with Crippen LogP contribution < -0.4 is 5.32 Å². The molecule has 1 aromatic heterocycles. The topological polar surface area (TPSA) is 29.9 Å². The normalized spacial score (nSPS) is 16.8. The molecule has 2 heterocycles. The predicted molar refractivity (Wildman–Crippen MR) is 99.1 cm³/mol. The molecular formula is C20H21N3S. The van der Waals surface area contributed by atoms with E-state index in [1.165, 1.54) is 33.8 Å². The van der Waals surface area contributed by atoms with Crippen LogP contribution in [-0.2, 0) is 13.1 Å². The highest BCUT2D eigenvalue weighted by Gasteiger charge is 2.19. The lowest BCUT2D eigenvalue weighted by Gasteiger charge is -2.26. The summed E-state index contributed by atoms with van der Waals surface area (Å²) in [5.74, 6) is 1.19. The van der Waals surface area contributed by atoms with E-state index in [1.807, 2.05) is 30.5 Å². The molecule has 0 spiro atoms. The van der Waals surface area contributed by atoms with Gasteiger partial charge in [-0.3, -0.25) is 0 Å². The van der Waals surface area contributed by atoms with E-state index in [-0.39, 0.29) is 0 Å². The van der Waals surface area contributed by atoms with Crippen LogP contribution in [0.25, 0.3) is 0 Å². The number of thioether (sulfide) groups is 1. The zero-order chi connectivity index (χ0) is 16.2. The van der Waals surface area contributed by atoms with E-state index in [4.69, 9.17) is 0 Å². The number of nitrogens with zero attached hydrogens (tertiary/aromatic N) is 2. The molecular weight excluding hydrogens is 314 g/mol. The highest BCUT2D eigenvalue weighted by Crippen LogP contribution is 2.35. The van der Waals surface area contributed by atoms with Crippen LogP contribution in [0.4, 0.5) is 0 Å². The highest BCUT2D eigenvalue weighted by molar-refractivity contribution is 7.99. The van der Waals surface area contributed by atoms with Crippen LogP contribution in [0.5, 0.6) is 0 Å². The first-order chi connectivity index (χ1) is 11.9. The minimum atomic E-state index is 0.466. The summed E-state index contributed by atoms with van der Waals surface area (Å²) in [5, 5.41) is 3.73. The third kappa shape index (κ3) is 3.55. The number of benzene rings is 2. The van der Waals surface area contributed by atoms with Gasteiger partial charge in [0.05, 0.1) is 6.33 Å². The SMILES string of the molecule is c1ccc2c(c1)SCCC2NCc1ccc(Cn2ccnc2)cc1. The quantitative estimate of drug-likeness (QED) is 0.755. The van der Waals surface area contributed by atoms with E-state index in [9.17, 15) is 0 Å². The summed E-state index contributed by atoms with van der Waals surface area (Å²) in [6.07, 6.45) is 6.86. The fourth-order valence-corrected chi connectivity index (χ4v) is 4.27. The van der Waals surface area contributed by atoms with Crippen molar-refractivity contribution in [1.82, 2.24) is 14.9 Å². The van der Waals surface area contributed by atoms with Crippen LogP contribution in [0.3, 0.4) is 0 Å². The van der Waals surface area contributed by atoms with Crippen molar-refractivity contribution in [2.24, 2.45) is 0 Å². The standard InChI is InChI=1S/C20H21N3S/c1-2-4-20-18(3-1)19(9-12-24-20)22-13-16-5-7-17(8-6-16)14-23-11-10-21-15-23/h1-8,10-11,15,19,22H,9,12-14H2. The predicted octanol–water partition coefficient (Wildman–Crippen LogP) is 4.26. The van der Waals surface area contributed by atoms with Crippen molar-refractivity contribution >= 4 is 11.8 Å². The lowest BCUT2D eigenvalue weighted by molar-refractivity contribution is 0.510. The molecule has 3 nitrogen and oxygen atoms in total. The summed E-state index contributed by atoms with van der Waals surface area (Å²) in [6, 6.07) is 18.1. The maximum absolute atomic E-state index is 4.09. The van der Waals surface area contributed by atoms with Gasteiger partial charge in [0.15, 0.2) is 0 Å². The van der Waals surface area contributed by atoms with Crippen LogP contribution in [0.1, 0.15) is 29.2 Å². The second-order valence-corrected chi connectivity index (χ2v) is 7.30. The van der Waals surface area contributed by atoms with Crippen LogP contribution in [-0.4, -0.2) is 15.3 Å². The van der Waals surface area contributed by atoms with Crippen molar-refractivity contribution in [3.8, 4) is 0 Å². The summed E-state index contributed by atoms with van der Waals surface area (Å²) >= 11 is 1.97. The first-order valence-corrected chi connectivity index (χ1v) is 9.36. The molecule has 0 amide bonds. The number of fused-ring (bicyclic) bond motifs is 1. The molecule has 1 aliphatic rings. The molecule has 0 saturated carbocycles. The minimum Gasteiger partial charge on any atom is -0.333 e. The molecule has 2 aromatic carbocycles. The molecule has 1 unspecified atom stereocenters.